The fraction of sp³-hybridized carbons (Fsp3) is 0.150. The Balaban J connectivity index is 1.78. The van der Waals surface area contributed by atoms with E-state index < -0.39 is 17.5 Å². The molecule has 2 aromatic carbocycles. The van der Waals surface area contributed by atoms with E-state index in [1.807, 2.05) is 0 Å². The van der Waals surface area contributed by atoms with E-state index in [1.54, 1.807) is 55.8 Å². The summed E-state index contributed by atoms with van der Waals surface area (Å²) < 4.78 is 6.72. The summed E-state index contributed by atoms with van der Waals surface area (Å²) in [5, 5.41) is 19.5. The molecule has 0 aliphatic carbocycles. The molecule has 148 valence electrons. The molecule has 1 aliphatic rings. The molecule has 2 heterocycles. The van der Waals surface area contributed by atoms with Gasteiger partial charge in [-0.2, -0.15) is 0 Å². The van der Waals surface area contributed by atoms with E-state index in [1.165, 1.54) is 4.57 Å². The van der Waals surface area contributed by atoms with Gasteiger partial charge in [0.2, 0.25) is 6.41 Å². The zero-order valence-electron chi connectivity index (χ0n) is 15.4. The number of fused-ring (bicyclic) bond motifs is 1. The minimum absolute atomic E-state index is 0.0322. The number of anilines is 1. The number of nitrogens with zero attached hydrogens (tertiary/aromatic N) is 1. The second-order valence-electron chi connectivity index (χ2n) is 6.69. The maximum atomic E-state index is 12.8. The normalized spacial score (nSPS) is 18.4. The molecule has 3 aromatic rings. The maximum Gasteiger partial charge on any atom is 0.322 e. The molecule has 9 nitrogen and oxygen atoms in total. The van der Waals surface area contributed by atoms with Crippen molar-refractivity contribution in [2.75, 3.05) is 12.4 Å². The Morgan fingerprint density at radius 3 is 2.59 bits per heavy atom. The first kappa shape index (κ1) is 18.4. The molecule has 1 aliphatic heterocycles. The van der Waals surface area contributed by atoms with Crippen LogP contribution in [-0.4, -0.2) is 35.1 Å². The van der Waals surface area contributed by atoms with Gasteiger partial charge in [0, 0.05) is 22.7 Å². The highest BCUT2D eigenvalue weighted by molar-refractivity contribution is 6.07. The fourth-order valence-corrected chi connectivity index (χ4v) is 3.55. The Morgan fingerprint density at radius 2 is 1.97 bits per heavy atom. The molecule has 4 N–H and O–H groups in total. The Hall–Kier alpha value is -4.01. The first-order valence-corrected chi connectivity index (χ1v) is 8.77. The average Bonchev–Trinajstić information content (AvgIpc) is 3.18. The molecule has 0 radical (unpaired) electrons. The third-order valence-corrected chi connectivity index (χ3v) is 5.02. The van der Waals surface area contributed by atoms with E-state index in [0.717, 1.165) is 5.39 Å². The zero-order chi connectivity index (χ0) is 20.6. The first-order valence-electron chi connectivity index (χ1n) is 8.77. The molecule has 4 amide bonds. The number of urea groups is 1. The van der Waals surface area contributed by atoms with Crippen molar-refractivity contribution >= 4 is 34.8 Å². The van der Waals surface area contributed by atoms with Gasteiger partial charge in [0.1, 0.15) is 5.75 Å². The Bertz CT molecular complexity index is 1120. The summed E-state index contributed by atoms with van der Waals surface area (Å²) >= 11 is 0. The second kappa shape index (κ2) is 6.86. The number of ether oxygens (including phenoxy) is 1. The smallest absolute Gasteiger partial charge is 0.322 e. The molecule has 1 aromatic heterocycles. The lowest BCUT2D eigenvalue weighted by Gasteiger charge is -2.27. The van der Waals surface area contributed by atoms with Crippen molar-refractivity contribution in [1.82, 2.24) is 15.2 Å². The summed E-state index contributed by atoms with van der Waals surface area (Å²) in [5.41, 5.74) is -0.370. The average molecular weight is 394 g/mol. The van der Waals surface area contributed by atoms with Crippen LogP contribution in [0.3, 0.4) is 0 Å². The number of benzene rings is 2. The van der Waals surface area contributed by atoms with Crippen LogP contribution in [0.25, 0.3) is 10.8 Å². The van der Waals surface area contributed by atoms with Gasteiger partial charge in [-0.25, -0.2) is 4.79 Å². The third kappa shape index (κ3) is 3.02. The molecule has 1 saturated heterocycles. The van der Waals surface area contributed by atoms with Gasteiger partial charge in [0.15, 0.2) is 11.4 Å². The van der Waals surface area contributed by atoms with Crippen LogP contribution in [0.4, 0.5) is 10.5 Å². The molecule has 0 saturated carbocycles. The van der Waals surface area contributed by atoms with Crippen LogP contribution in [0.1, 0.15) is 5.56 Å². The monoisotopic (exact) mass is 394 g/mol. The molecule has 4 rings (SSSR count). The third-order valence-electron chi connectivity index (χ3n) is 5.02. The number of hydrogen-bond acceptors (Lipinski definition) is 5. The molecule has 1 unspecified atom stereocenters. The summed E-state index contributed by atoms with van der Waals surface area (Å²) in [7, 11) is 1.55. The van der Waals surface area contributed by atoms with Crippen LogP contribution in [0.15, 0.2) is 48.7 Å². The van der Waals surface area contributed by atoms with Crippen molar-refractivity contribution in [1.29, 1.82) is 0 Å². The standard InChI is InChI=1S/C20H18N4O5/c1-29-15-6-7-16-12(8-15)9-24(17(16)26)10-20(18(27)22-19(28)23-20)13-2-4-14(5-3-13)21-11-25/h2-9,11,26H,10H2,1H3,(H,21,25)(H2,22,23,27,28). The molecular weight excluding hydrogens is 376 g/mol. The van der Waals surface area contributed by atoms with Gasteiger partial charge in [-0.15, -0.1) is 0 Å². The summed E-state index contributed by atoms with van der Waals surface area (Å²) in [6.45, 7) is -0.0339. The van der Waals surface area contributed by atoms with Gasteiger partial charge in [0.05, 0.1) is 13.7 Å². The Kier molecular flexibility index (Phi) is 4.34. The van der Waals surface area contributed by atoms with Crippen LogP contribution >= 0.6 is 0 Å². The van der Waals surface area contributed by atoms with Crippen LogP contribution in [0, 0.1) is 0 Å². The quantitative estimate of drug-likeness (QED) is 0.374. The van der Waals surface area contributed by atoms with Crippen molar-refractivity contribution in [3.63, 3.8) is 0 Å². The molecule has 29 heavy (non-hydrogen) atoms. The topological polar surface area (TPSA) is 122 Å². The van der Waals surface area contributed by atoms with E-state index in [0.29, 0.717) is 28.8 Å². The van der Waals surface area contributed by atoms with Crippen molar-refractivity contribution in [2.45, 2.75) is 12.1 Å². The van der Waals surface area contributed by atoms with Gasteiger partial charge in [-0.05, 0) is 35.9 Å². The van der Waals surface area contributed by atoms with Gasteiger partial charge in [-0.3, -0.25) is 14.9 Å². The minimum Gasteiger partial charge on any atom is -0.497 e. The lowest BCUT2D eigenvalue weighted by molar-refractivity contribution is -0.124. The highest BCUT2D eigenvalue weighted by Gasteiger charge is 2.48. The van der Waals surface area contributed by atoms with Crippen LogP contribution in [0.2, 0.25) is 0 Å². The van der Waals surface area contributed by atoms with Crippen LogP contribution in [0.5, 0.6) is 11.6 Å². The van der Waals surface area contributed by atoms with E-state index in [4.69, 9.17) is 4.74 Å². The van der Waals surface area contributed by atoms with Gasteiger partial charge < -0.3 is 25.0 Å². The highest BCUT2D eigenvalue weighted by atomic mass is 16.5. The van der Waals surface area contributed by atoms with E-state index in [2.05, 4.69) is 16.0 Å². The van der Waals surface area contributed by atoms with E-state index in [-0.39, 0.29) is 12.4 Å². The van der Waals surface area contributed by atoms with Gasteiger partial charge >= 0.3 is 6.03 Å². The van der Waals surface area contributed by atoms with Crippen molar-refractivity contribution in [2.24, 2.45) is 0 Å². The van der Waals surface area contributed by atoms with Crippen LogP contribution in [-0.2, 0) is 21.7 Å². The number of nitrogens with one attached hydrogen (secondary N) is 3. The number of aromatic nitrogens is 1. The van der Waals surface area contributed by atoms with Gasteiger partial charge in [0.25, 0.3) is 5.91 Å². The van der Waals surface area contributed by atoms with E-state index >= 15 is 0 Å². The maximum absolute atomic E-state index is 12.8. The Morgan fingerprint density at radius 1 is 1.21 bits per heavy atom. The molecule has 1 atom stereocenters. The Labute approximate surface area is 165 Å². The second-order valence-corrected chi connectivity index (χ2v) is 6.69. The number of rotatable bonds is 6. The van der Waals surface area contributed by atoms with Crippen LogP contribution < -0.4 is 20.7 Å². The number of carbonyl (C=O) groups excluding carboxylic acids is 3. The molecule has 1 fully saturated rings. The predicted octanol–water partition coefficient (Wildman–Crippen LogP) is 1.66. The number of carbonyl (C=O) groups is 3. The molecule has 0 bridgehead atoms. The zero-order valence-corrected chi connectivity index (χ0v) is 15.4. The largest absolute Gasteiger partial charge is 0.497 e. The number of hydrogen-bond donors (Lipinski definition) is 4. The fourth-order valence-electron chi connectivity index (χ4n) is 3.55. The van der Waals surface area contributed by atoms with Gasteiger partial charge in [-0.1, -0.05) is 12.1 Å². The number of methoxy groups -OCH3 is 1. The summed E-state index contributed by atoms with van der Waals surface area (Å²) in [6.07, 6.45) is 2.24. The number of aromatic hydroxyl groups is 1. The lowest BCUT2D eigenvalue weighted by Crippen LogP contribution is -2.47. The number of amides is 4. The minimum atomic E-state index is -1.42. The number of imide groups is 1. The predicted molar refractivity (Wildman–Crippen MR) is 105 cm³/mol. The lowest BCUT2D eigenvalue weighted by atomic mass is 9.89. The van der Waals surface area contributed by atoms with E-state index in [9.17, 15) is 19.5 Å². The molecular formula is C20H18N4O5. The summed E-state index contributed by atoms with van der Waals surface area (Å²) in [6, 6.07) is 11.1. The SMILES string of the molecule is COc1ccc2c(O)n(CC3(c4ccc(NC=O)cc4)NC(=O)NC3=O)cc2c1. The molecule has 9 heteroatoms. The summed E-state index contributed by atoms with van der Waals surface area (Å²) in [4.78, 5) is 35.3. The van der Waals surface area contributed by atoms with Crippen molar-refractivity contribution in [3.05, 3.63) is 54.2 Å². The van der Waals surface area contributed by atoms with Crippen molar-refractivity contribution in [3.8, 4) is 11.6 Å². The first-order chi connectivity index (χ1) is 14.0. The summed E-state index contributed by atoms with van der Waals surface area (Å²) in [5.74, 6) is 0.0677. The molecule has 0 spiro atoms. The highest BCUT2D eigenvalue weighted by Crippen LogP contribution is 2.34. The van der Waals surface area contributed by atoms with Crippen molar-refractivity contribution < 1.29 is 24.2 Å².